The van der Waals surface area contributed by atoms with Crippen molar-refractivity contribution in [1.82, 2.24) is 5.32 Å². The van der Waals surface area contributed by atoms with E-state index < -0.39 is 0 Å². The van der Waals surface area contributed by atoms with Gasteiger partial charge in [0, 0.05) is 6.42 Å². The van der Waals surface area contributed by atoms with E-state index in [0.717, 1.165) is 11.1 Å². The molecule has 0 spiro atoms. The van der Waals surface area contributed by atoms with Gasteiger partial charge in [-0.1, -0.05) is 18.2 Å². The van der Waals surface area contributed by atoms with Crippen molar-refractivity contribution in [3.63, 3.8) is 0 Å². The molecule has 5 nitrogen and oxygen atoms in total. The molecule has 132 valence electrons. The van der Waals surface area contributed by atoms with Crippen LogP contribution in [0.25, 0.3) is 0 Å². The van der Waals surface area contributed by atoms with Crippen LogP contribution in [0.4, 0.5) is 10.1 Å². The molecule has 0 saturated heterocycles. The average Bonchev–Trinajstić information content (AvgIpc) is 2.58. The van der Waals surface area contributed by atoms with Crippen LogP contribution in [0.3, 0.4) is 0 Å². The first-order valence-electron chi connectivity index (χ1n) is 7.93. The van der Waals surface area contributed by atoms with Gasteiger partial charge in [0.1, 0.15) is 11.6 Å². The number of ether oxygens (including phenoxy) is 1. The van der Waals surface area contributed by atoms with Crippen molar-refractivity contribution in [3.05, 3.63) is 59.4 Å². The molecule has 0 atom stereocenters. The molecule has 0 aromatic heterocycles. The molecule has 0 heterocycles. The first-order chi connectivity index (χ1) is 12.0. The number of benzene rings is 2. The molecule has 0 unspecified atom stereocenters. The van der Waals surface area contributed by atoms with E-state index in [0.29, 0.717) is 17.9 Å². The Balaban J connectivity index is 1.79. The van der Waals surface area contributed by atoms with Crippen molar-refractivity contribution in [2.24, 2.45) is 0 Å². The third kappa shape index (κ3) is 5.91. The standard InChI is InChI=1S/C19H21FN2O3/c1-13-6-8-17(25-2)16(10-13)22-19(24)12-21-18(23)9-7-14-4-3-5-15(20)11-14/h3-6,8,10-11H,7,9,12H2,1-2H3,(H,21,23)(H,22,24). The highest BCUT2D eigenvalue weighted by Gasteiger charge is 2.10. The van der Waals surface area contributed by atoms with Crippen LogP contribution >= 0.6 is 0 Å². The normalized spacial score (nSPS) is 10.2. The summed E-state index contributed by atoms with van der Waals surface area (Å²) in [5.74, 6) is -0.389. The third-order valence-electron chi connectivity index (χ3n) is 3.60. The predicted octanol–water partition coefficient (Wildman–Crippen LogP) is 2.83. The summed E-state index contributed by atoms with van der Waals surface area (Å²) in [7, 11) is 1.52. The molecule has 2 rings (SSSR count). The topological polar surface area (TPSA) is 67.4 Å². The number of amides is 2. The summed E-state index contributed by atoms with van der Waals surface area (Å²) in [6, 6.07) is 11.5. The Kier molecular flexibility index (Phi) is 6.51. The molecule has 6 heteroatoms. The number of carbonyl (C=O) groups is 2. The van der Waals surface area contributed by atoms with Crippen LogP contribution in [0, 0.1) is 12.7 Å². The number of rotatable bonds is 7. The van der Waals surface area contributed by atoms with Crippen molar-refractivity contribution in [2.45, 2.75) is 19.8 Å². The SMILES string of the molecule is COc1ccc(C)cc1NC(=O)CNC(=O)CCc1cccc(F)c1. The summed E-state index contributed by atoms with van der Waals surface area (Å²) in [6.45, 7) is 1.77. The van der Waals surface area contributed by atoms with Crippen LogP contribution in [0.2, 0.25) is 0 Å². The first-order valence-corrected chi connectivity index (χ1v) is 7.93. The van der Waals surface area contributed by atoms with Gasteiger partial charge in [0.25, 0.3) is 0 Å². The number of anilines is 1. The number of halogens is 1. The number of hydrogen-bond donors (Lipinski definition) is 2. The van der Waals surface area contributed by atoms with Crippen LogP contribution in [-0.4, -0.2) is 25.5 Å². The Hall–Kier alpha value is -2.89. The lowest BCUT2D eigenvalue weighted by Crippen LogP contribution is -2.33. The van der Waals surface area contributed by atoms with Crippen LogP contribution in [0.5, 0.6) is 5.75 Å². The zero-order valence-corrected chi connectivity index (χ0v) is 14.3. The Bertz CT molecular complexity index is 762. The zero-order chi connectivity index (χ0) is 18.2. The minimum atomic E-state index is -0.344. The molecule has 0 aliphatic carbocycles. The van der Waals surface area contributed by atoms with Gasteiger partial charge in [-0.2, -0.15) is 0 Å². The second-order valence-corrected chi connectivity index (χ2v) is 5.66. The van der Waals surface area contributed by atoms with Gasteiger partial charge in [-0.25, -0.2) is 4.39 Å². The van der Waals surface area contributed by atoms with Gasteiger partial charge >= 0.3 is 0 Å². The van der Waals surface area contributed by atoms with E-state index in [1.54, 1.807) is 24.3 Å². The maximum Gasteiger partial charge on any atom is 0.243 e. The quantitative estimate of drug-likeness (QED) is 0.812. The number of hydrogen-bond acceptors (Lipinski definition) is 3. The summed E-state index contributed by atoms with van der Waals surface area (Å²) >= 11 is 0. The molecule has 0 saturated carbocycles. The van der Waals surface area contributed by atoms with Crippen molar-refractivity contribution < 1.29 is 18.7 Å². The van der Waals surface area contributed by atoms with Crippen molar-refractivity contribution in [3.8, 4) is 5.75 Å². The second-order valence-electron chi connectivity index (χ2n) is 5.66. The van der Waals surface area contributed by atoms with E-state index in [1.807, 2.05) is 13.0 Å². The average molecular weight is 344 g/mol. The Morgan fingerprint density at radius 2 is 1.92 bits per heavy atom. The molecular weight excluding hydrogens is 323 g/mol. The maximum absolute atomic E-state index is 13.1. The van der Waals surface area contributed by atoms with E-state index in [9.17, 15) is 14.0 Å². The smallest absolute Gasteiger partial charge is 0.243 e. The second kappa shape index (κ2) is 8.82. The first kappa shape index (κ1) is 18.4. The highest BCUT2D eigenvalue weighted by molar-refractivity contribution is 5.95. The molecule has 2 N–H and O–H groups in total. The fourth-order valence-corrected chi connectivity index (χ4v) is 2.33. The largest absolute Gasteiger partial charge is 0.495 e. The van der Waals surface area contributed by atoms with E-state index in [-0.39, 0.29) is 30.6 Å². The molecule has 0 aliphatic heterocycles. The molecule has 0 radical (unpaired) electrons. The molecular formula is C19H21FN2O3. The molecule has 2 aromatic rings. The van der Waals surface area contributed by atoms with Crippen molar-refractivity contribution >= 4 is 17.5 Å². The Labute approximate surface area is 146 Å². The van der Waals surface area contributed by atoms with Crippen LogP contribution in [-0.2, 0) is 16.0 Å². The molecule has 2 aromatic carbocycles. The van der Waals surface area contributed by atoms with Crippen molar-refractivity contribution in [2.75, 3.05) is 19.0 Å². The number of aryl methyl sites for hydroxylation is 2. The minimum absolute atomic E-state index is 0.140. The van der Waals surface area contributed by atoms with Gasteiger partial charge in [0.2, 0.25) is 11.8 Å². The molecule has 0 fully saturated rings. The van der Waals surface area contributed by atoms with Gasteiger partial charge in [0.05, 0.1) is 19.3 Å². The minimum Gasteiger partial charge on any atom is -0.495 e. The number of nitrogens with one attached hydrogen (secondary N) is 2. The van der Waals surface area contributed by atoms with Gasteiger partial charge < -0.3 is 15.4 Å². The van der Waals surface area contributed by atoms with E-state index in [1.165, 1.54) is 19.2 Å². The van der Waals surface area contributed by atoms with Crippen LogP contribution in [0.15, 0.2) is 42.5 Å². The highest BCUT2D eigenvalue weighted by atomic mass is 19.1. The summed E-state index contributed by atoms with van der Waals surface area (Å²) in [6.07, 6.45) is 0.599. The Morgan fingerprint density at radius 1 is 1.12 bits per heavy atom. The Morgan fingerprint density at radius 3 is 2.64 bits per heavy atom. The van der Waals surface area contributed by atoms with Gasteiger partial charge in [0.15, 0.2) is 0 Å². The molecule has 25 heavy (non-hydrogen) atoms. The summed E-state index contributed by atoms with van der Waals surface area (Å²) in [5, 5.41) is 5.26. The van der Waals surface area contributed by atoms with Crippen LogP contribution < -0.4 is 15.4 Å². The van der Waals surface area contributed by atoms with E-state index >= 15 is 0 Å². The lowest BCUT2D eigenvalue weighted by Gasteiger charge is -2.11. The van der Waals surface area contributed by atoms with E-state index in [2.05, 4.69) is 10.6 Å². The summed E-state index contributed by atoms with van der Waals surface area (Å²) in [5.41, 5.74) is 2.28. The van der Waals surface area contributed by atoms with E-state index in [4.69, 9.17) is 4.74 Å². The van der Waals surface area contributed by atoms with Gasteiger partial charge in [-0.3, -0.25) is 9.59 Å². The third-order valence-corrected chi connectivity index (χ3v) is 3.60. The summed E-state index contributed by atoms with van der Waals surface area (Å²) < 4.78 is 18.3. The van der Waals surface area contributed by atoms with Gasteiger partial charge in [-0.05, 0) is 48.7 Å². The monoisotopic (exact) mass is 344 g/mol. The fraction of sp³-hybridized carbons (Fsp3) is 0.263. The highest BCUT2D eigenvalue weighted by Crippen LogP contribution is 2.24. The van der Waals surface area contributed by atoms with Gasteiger partial charge in [-0.15, -0.1) is 0 Å². The number of methoxy groups -OCH3 is 1. The fourth-order valence-electron chi connectivity index (χ4n) is 2.33. The lowest BCUT2D eigenvalue weighted by molar-refractivity contribution is -0.124. The molecule has 2 amide bonds. The lowest BCUT2D eigenvalue weighted by atomic mass is 10.1. The maximum atomic E-state index is 13.1. The number of carbonyl (C=O) groups excluding carboxylic acids is 2. The zero-order valence-electron chi connectivity index (χ0n) is 14.3. The molecule has 0 bridgehead atoms. The van der Waals surface area contributed by atoms with Crippen molar-refractivity contribution in [1.29, 1.82) is 0 Å². The summed E-state index contributed by atoms with van der Waals surface area (Å²) in [4.78, 5) is 23.8. The predicted molar refractivity (Wildman–Crippen MR) is 94.1 cm³/mol. The molecule has 0 aliphatic rings. The van der Waals surface area contributed by atoms with Crippen LogP contribution in [0.1, 0.15) is 17.5 Å².